The van der Waals surface area contributed by atoms with Gasteiger partial charge in [0.05, 0.1) is 0 Å². The quantitative estimate of drug-likeness (QED) is 0.810. The SMILES string of the molecule is CC1CNC(C)(C)CN1c1ccc(Cl)cc1. The third kappa shape index (κ3) is 2.50. The molecule has 0 aliphatic carbocycles. The van der Waals surface area contributed by atoms with Crippen molar-refractivity contribution in [2.45, 2.75) is 32.4 Å². The Labute approximate surface area is 103 Å². The van der Waals surface area contributed by atoms with E-state index in [2.05, 4.69) is 43.1 Å². The second kappa shape index (κ2) is 4.27. The summed E-state index contributed by atoms with van der Waals surface area (Å²) in [6.07, 6.45) is 0. The molecule has 1 unspecified atom stereocenters. The van der Waals surface area contributed by atoms with Gasteiger partial charge in [0.1, 0.15) is 0 Å². The molecule has 0 saturated carbocycles. The number of nitrogens with one attached hydrogen (secondary N) is 1. The van der Waals surface area contributed by atoms with E-state index in [1.54, 1.807) is 0 Å². The topological polar surface area (TPSA) is 15.3 Å². The summed E-state index contributed by atoms with van der Waals surface area (Å²) < 4.78 is 0. The highest BCUT2D eigenvalue weighted by Gasteiger charge is 2.30. The summed E-state index contributed by atoms with van der Waals surface area (Å²) in [5, 5.41) is 4.35. The summed E-state index contributed by atoms with van der Waals surface area (Å²) in [4.78, 5) is 2.44. The van der Waals surface area contributed by atoms with E-state index in [-0.39, 0.29) is 5.54 Å². The van der Waals surface area contributed by atoms with Gasteiger partial charge in [0.25, 0.3) is 0 Å². The van der Waals surface area contributed by atoms with Crippen molar-refractivity contribution in [3.63, 3.8) is 0 Å². The Hall–Kier alpha value is -0.730. The number of benzene rings is 1. The molecular weight excluding hydrogens is 220 g/mol. The van der Waals surface area contributed by atoms with Gasteiger partial charge in [-0.1, -0.05) is 11.6 Å². The average molecular weight is 239 g/mol. The Morgan fingerprint density at radius 3 is 2.56 bits per heavy atom. The fraction of sp³-hybridized carbons (Fsp3) is 0.538. The zero-order valence-corrected chi connectivity index (χ0v) is 10.9. The fourth-order valence-corrected chi connectivity index (χ4v) is 2.28. The van der Waals surface area contributed by atoms with Crippen LogP contribution < -0.4 is 10.2 Å². The summed E-state index contributed by atoms with van der Waals surface area (Å²) in [6, 6.07) is 8.63. The number of anilines is 1. The van der Waals surface area contributed by atoms with Crippen LogP contribution in [-0.2, 0) is 0 Å². The fourth-order valence-electron chi connectivity index (χ4n) is 2.15. The molecule has 1 aliphatic heterocycles. The second-order valence-electron chi connectivity index (χ2n) is 5.22. The molecule has 0 radical (unpaired) electrons. The molecule has 16 heavy (non-hydrogen) atoms. The van der Waals surface area contributed by atoms with Gasteiger partial charge in [-0.15, -0.1) is 0 Å². The molecule has 0 aromatic heterocycles. The lowest BCUT2D eigenvalue weighted by Gasteiger charge is -2.44. The Bertz CT molecular complexity index is 359. The number of piperazine rings is 1. The lowest BCUT2D eigenvalue weighted by Crippen LogP contribution is -2.61. The Balaban J connectivity index is 2.21. The highest BCUT2D eigenvalue weighted by Crippen LogP contribution is 2.24. The normalized spacial score (nSPS) is 24.5. The monoisotopic (exact) mass is 238 g/mol. The summed E-state index contributed by atoms with van der Waals surface area (Å²) in [7, 11) is 0. The van der Waals surface area contributed by atoms with Crippen LogP contribution in [0, 0.1) is 0 Å². The first kappa shape index (κ1) is 11.7. The Morgan fingerprint density at radius 2 is 1.94 bits per heavy atom. The third-order valence-electron chi connectivity index (χ3n) is 3.13. The van der Waals surface area contributed by atoms with Gasteiger partial charge in [0.15, 0.2) is 0 Å². The summed E-state index contributed by atoms with van der Waals surface area (Å²) in [5.74, 6) is 0. The van der Waals surface area contributed by atoms with E-state index in [0.717, 1.165) is 18.1 Å². The minimum absolute atomic E-state index is 0.173. The van der Waals surface area contributed by atoms with Crippen LogP contribution in [0.3, 0.4) is 0 Å². The summed E-state index contributed by atoms with van der Waals surface area (Å²) in [6.45, 7) is 8.77. The molecule has 1 aromatic carbocycles. The number of halogens is 1. The van der Waals surface area contributed by atoms with Gasteiger partial charge >= 0.3 is 0 Å². The van der Waals surface area contributed by atoms with E-state index in [1.165, 1.54) is 5.69 Å². The van der Waals surface area contributed by atoms with Gasteiger partial charge in [-0.3, -0.25) is 0 Å². The van der Waals surface area contributed by atoms with Crippen molar-refractivity contribution in [2.75, 3.05) is 18.0 Å². The number of hydrogen-bond acceptors (Lipinski definition) is 2. The van der Waals surface area contributed by atoms with Crippen LogP contribution in [0.25, 0.3) is 0 Å². The molecule has 0 spiro atoms. The zero-order valence-electron chi connectivity index (χ0n) is 10.1. The van der Waals surface area contributed by atoms with Crippen molar-refractivity contribution in [3.8, 4) is 0 Å². The molecule has 0 amide bonds. The third-order valence-corrected chi connectivity index (χ3v) is 3.38. The molecule has 1 N–H and O–H groups in total. The molecule has 1 heterocycles. The first-order valence-electron chi connectivity index (χ1n) is 5.75. The maximum atomic E-state index is 5.91. The van der Waals surface area contributed by atoms with Crippen LogP contribution in [-0.4, -0.2) is 24.7 Å². The van der Waals surface area contributed by atoms with Crippen molar-refractivity contribution in [3.05, 3.63) is 29.3 Å². The van der Waals surface area contributed by atoms with Gasteiger partial charge in [0.2, 0.25) is 0 Å². The van der Waals surface area contributed by atoms with Crippen molar-refractivity contribution in [1.29, 1.82) is 0 Å². The molecular formula is C13H19ClN2. The van der Waals surface area contributed by atoms with Crippen molar-refractivity contribution in [1.82, 2.24) is 5.32 Å². The van der Waals surface area contributed by atoms with Crippen LogP contribution in [0.15, 0.2) is 24.3 Å². The summed E-state index contributed by atoms with van der Waals surface area (Å²) >= 11 is 5.91. The molecule has 3 heteroatoms. The zero-order chi connectivity index (χ0) is 11.8. The molecule has 1 atom stereocenters. The lowest BCUT2D eigenvalue weighted by atomic mass is 9.98. The van der Waals surface area contributed by atoms with Crippen molar-refractivity contribution < 1.29 is 0 Å². The Kier molecular flexibility index (Phi) is 3.13. The molecule has 1 aliphatic rings. The minimum atomic E-state index is 0.173. The molecule has 2 nitrogen and oxygen atoms in total. The molecule has 1 fully saturated rings. The van der Waals surface area contributed by atoms with E-state index in [9.17, 15) is 0 Å². The van der Waals surface area contributed by atoms with Gasteiger partial charge in [-0.25, -0.2) is 0 Å². The van der Waals surface area contributed by atoms with Gasteiger partial charge in [-0.2, -0.15) is 0 Å². The van der Waals surface area contributed by atoms with Crippen molar-refractivity contribution >= 4 is 17.3 Å². The van der Waals surface area contributed by atoms with Gasteiger partial charge in [-0.05, 0) is 45.0 Å². The number of rotatable bonds is 1. The van der Waals surface area contributed by atoms with Gasteiger partial charge < -0.3 is 10.2 Å². The van der Waals surface area contributed by atoms with E-state index >= 15 is 0 Å². The van der Waals surface area contributed by atoms with Crippen LogP contribution in [0.5, 0.6) is 0 Å². The van der Waals surface area contributed by atoms with Gasteiger partial charge in [0, 0.05) is 35.4 Å². The molecule has 2 rings (SSSR count). The molecule has 0 bridgehead atoms. The van der Waals surface area contributed by atoms with Crippen LogP contribution >= 0.6 is 11.6 Å². The lowest BCUT2D eigenvalue weighted by molar-refractivity contribution is 0.318. The Morgan fingerprint density at radius 1 is 1.31 bits per heavy atom. The first-order chi connectivity index (χ1) is 7.48. The highest BCUT2D eigenvalue weighted by atomic mass is 35.5. The maximum absolute atomic E-state index is 5.91. The molecule has 88 valence electrons. The van der Waals surface area contributed by atoms with Crippen LogP contribution in [0.2, 0.25) is 5.02 Å². The number of nitrogens with zero attached hydrogens (tertiary/aromatic N) is 1. The predicted octanol–water partition coefficient (Wildman–Crippen LogP) is 2.92. The largest absolute Gasteiger partial charge is 0.366 e. The smallest absolute Gasteiger partial charge is 0.0407 e. The predicted molar refractivity (Wildman–Crippen MR) is 70.3 cm³/mol. The van der Waals surface area contributed by atoms with E-state index in [4.69, 9.17) is 11.6 Å². The second-order valence-corrected chi connectivity index (χ2v) is 5.65. The summed E-state index contributed by atoms with van der Waals surface area (Å²) in [5.41, 5.74) is 1.43. The highest BCUT2D eigenvalue weighted by molar-refractivity contribution is 6.30. The van der Waals surface area contributed by atoms with E-state index in [0.29, 0.717) is 6.04 Å². The molecule has 1 aromatic rings. The van der Waals surface area contributed by atoms with E-state index < -0.39 is 0 Å². The van der Waals surface area contributed by atoms with E-state index in [1.807, 2.05) is 12.1 Å². The van der Waals surface area contributed by atoms with Crippen LogP contribution in [0.4, 0.5) is 5.69 Å². The minimum Gasteiger partial charge on any atom is -0.366 e. The number of hydrogen-bond donors (Lipinski definition) is 1. The van der Waals surface area contributed by atoms with Crippen molar-refractivity contribution in [2.24, 2.45) is 0 Å². The maximum Gasteiger partial charge on any atom is 0.0407 e. The average Bonchev–Trinajstić information content (AvgIpc) is 2.23. The molecule has 1 saturated heterocycles. The van der Waals surface area contributed by atoms with Crippen LogP contribution in [0.1, 0.15) is 20.8 Å². The first-order valence-corrected chi connectivity index (χ1v) is 6.13. The standard InChI is InChI=1S/C13H19ClN2/c1-10-8-15-13(2,3)9-16(10)12-6-4-11(14)5-7-12/h4-7,10,15H,8-9H2,1-3H3.